The number of alkyl halides is 1. The highest BCUT2D eigenvalue weighted by Crippen LogP contribution is 2.64. The molecule has 0 radical (unpaired) electrons. The van der Waals surface area contributed by atoms with Gasteiger partial charge in [0.1, 0.15) is 0 Å². The van der Waals surface area contributed by atoms with E-state index in [1.165, 1.54) is 0 Å². The van der Waals surface area contributed by atoms with Gasteiger partial charge in [-0.05, 0) is 55.3 Å². The Kier molecular flexibility index (Phi) is 5.82. The number of rotatable bonds is 5. The fourth-order valence-corrected chi connectivity index (χ4v) is 4.67. The summed E-state index contributed by atoms with van der Waals surface area (Å²) in [6.07, 6.45) is 0. The molecule has 2 aromatic carbocycles. The first kappa shape index (κ1) is 20.8. The molecule has 0 saturated heterocycles. The maximum Gasteiger partial charge on any atom is 0.168 e. The van der Waals surface area contributed by atoms with Crippen LogP contribution in [0.5, 0.6) is 0 Å². The second-order valence-electron chi connectivity index (χ2n) is 7.14. The van der Waals surface area contributed by atoms with Gasteiger partial charge in [0, 0.05) is 33.8 Å². The molecule has 0 amide bonds. The molecule has 8 heteroatoms. The molecule has 2 aromatic rings. The zero-order chi connectivity index (χ0) is 20.6. The lowest BCUT2D eigenvalue weighted by Crippen LogP contribution is -2.32. The summed E-state index contributed by atoms with van der Waals surface area (Å²) in [5.41, 5.74) is 6.81. The second kappa shape index (κ2) is 7.84. The Hall–Kier alpha value is -1.92. The van der Waals surface area contributed by atoms with Crippen LogP contribution in [0, 0.1) is 12.8 Å². The lowest BCUT2D eigenvalue weighted by atomic mass is 10.0. The van der Waals surface area contributed by atoms with Crippen LogP contribution >= 0.6 is 34.8 Å². The highest BCUT2D eigenvalue weighted by molar-refractivity contribution is 6.34. The summed E-state index contributed by atoms with van der Waals surface area (Å²) >= 11 is 19.3. The number of allylic oxidation sites excluding steroid dienone is 1. The van der Waals surface area contributed by atoms with Crippen molar-refractivity contribution in [2.45, 2.75) is 24.6 Å². The normalized spacial score (nSPS) is 24.0. The van der Waals surface area contributed by atoms with Gasteiger partial charge in [-0.3, -0.25) is 0 Å². The molecule has 1 aliphatic carbocycles. The number of aryl methyl sites for hydroxylation is 1. The van der Waals surface area contributed by atoms with Crippen LogP contribution in [0.25, 0.3) is 0 Å². The molecule has 5 nitrogen and oxygen atoms in total. The number of hydrazone groups is 1. The van der Waals surface area contributed by atoms with Crippen LogP contribution in [-0.2, 0) is 0 Å². The Morgan fingerprint density at radius 1 is 1.21 bits per heavy atom. The van der Waals surface area contributed by atoms with Crippen molar-refractivity contribution in [3.63, 3.8) is 0 Å². The summed E-state index contributed by atoms with van der Waals surface area (Å²) in [7, 11) is 0. The highest BCUT2D eigenvalue weighted by atomic mass is 35.5. The molecule has 6 N–H and O–H groups in total. The van der Waals surface area contributed by atoms with Crippen LogP contribution < -0.4 is 22.4 Å². The minimum atomic E-state index is -0.445. The van der Waals surface area contributed by atoms with Gasteiger partial charge >= 0.3 is 0 Å². The molecule has 0 aliphatic heterocycles. The van der Waals surface area contributed by atoms with E-state index >= 15 is 0 Å². The molecule has 3 atom stereocenters. The van der Waals surface area contributed by atoms with Crippen molar-refractivity contribution in [1.29, 1.82) is 0 Å². The van der Waals surface area contributed by atoms with Gasteiger partial charge in [-0.15, -0.1) is 11.6 Å². The number of hydrogen-bond acceptors (Lipinski definition) is 4. The summed E-state index contributed by atoms with van der Waals surface area (Å²) in [5, 5.41) is 8.11. The molecule has 1 saturated carbocycles. The van der Waals surface area contributed by atoms with Crippen molar-refractivity contribution in [1.82, 2.24) is 5.43 Å². The maximum atomic E-state index is 6.80. The van der Waals surface area contributed by atoms with E-state index in [-0.39, 0.29) is 17.7 Å². The first-order chi connectivity index (χ1) is 13.2. The Morgan fingerprint density at radius 3 is 2.54 bits per heavy atom. The SMILES string of the molecule is C=C(Nc1ccc(Cl)c(/C(=N/N)NN)c1)C1C(c2cc(C)cc(Cl)c2)C1(C)Cl. The number of hydrogen-bond donors (Lipinski definition) is 4. The van der Waals surface area contributed by atoms with E-state index in [1.807, 2.05) is 32.0 Å². The Morgan fingerprint density at radius 2 is 1.93 bits per heavy atom. The van der Waals surface area contributed by atoms with Crippen molar-refractivity contribution >= 4 is 46.3 Å². The summed E-state index contributed by atoms with van der Waals surface area (Å²) < 4.78 is 0. The third-order valence-corrected chi connectivity index (χ3v) is 6.05. The molecule has 3 unspecified atom stereocenters. The molecule has 0 heterocycles. The van der Waals surface area contributed by atoms with E-state index in [0.29, 0.717) is 15.6 Å². The molecule has 1 aliphatic rings. The smallest absolute Gasteiger partial charge is 0.168 e. The average Bonchev–Trinajstić information content (AvgIpc) is 3.20. The average molecular weight is 439 g/mol. The maximum absolute atomic E-state index is 6.80. The third-order valence-electron chi connectivity index (χ3n) is 5.03. The lowest BCUT2D eigenvalue weighted by molar-refractivity contribution is 0.898. The van der Waals surface area contributed by atoms with Crippen molar-refractivity contribution in [3.8, 4) is 0 Å². The fourth-order valence-electron chi connectivity index (χ4n) is 3.72. The van der Waals surface area contributed by atoms with Crippen LogP contribution in [0.15, 0.2) is 53.8 Å². The molecule has 1 fully saturated rings. The number of anilines is 1. The van der Waals surface area contributed by atoms with Crippen LogP contribution in [0.1, 0.15) is 29.5 Å². The largest absolute Gasteiger partial charge is 0.359 e. The van der Waals surface area contributed by atoms with Crippen molar-refractivity contribution in [2.24, 2.45) is 22.7 Å². The minimum Gasteiger partial charge on any atom is -0.359 e. The standard InChI is InChI=1S/C20H22Cl3N5/c1-10-6-12(8-13(21)7-10)18-17(20(18,3)23)11(2)26-14-4-5-16(22)15(9-14)19(27-24)28-25/h4-9,17-18,26H,2,24-25H2,1,3H3,(H,27,28). The molecule has 28 heavy (non-hydrogen) atoms. The minimum absolute atomic E-state index is 0.0430. The van der Waals surface area contributed by atoms with Crippen LogP contribution in [0.3, 0.4) is 0 Å². The van der Waals surface area contributed by atoms with Crippen molar-refractivity contribution in [3.05, 3.63) is 75.4 Å². The summed E-state index contributed by atoms with van der Waals surface area (Å²) in [6, 6.07) is 11.4. The molecular formula is C20H22Cl3N5. The second-order valence-corrected chi connectivity index (χ2v) is 8.79. The van der Waals surface area contributed by atoms with Gasteiger partial charge in [-0.25, -0.2) is 5.84 Å². The molecular weight excluding hydrogens is 417 g/mol. The van der Waals surface area contributed by atoms with Gasteiger partial charge in [-0.2, -0.15) is 5.10 Å². The van der Waals surface area contributed by atoms with Gasteiger partial charge in [0.15, 0.2) is 5.84 Å². The number of amidine groups is 1. The van der Waals surface area contributed by atoms with E-state index in [4.69, 9.17) is 46.5 Å². The summed E-state index contributed by atoms with van der Waals surface area (Å²) in [6.45, 7) is 8.24. The molecule has 0 aromatic heterocycles. The van der Waals surface area contributed by atoms with Crippen LogP contribution in [-0.4, -0.2) is 10.7 Å². The molecule has 3 rings (SSSR count). The number of nitrogens with one attached hydrogen (secondary N) is 2. The predicted molar refractivity (Wildman–Crippen MR) is 119 cm³/mol. The molecule has 0 bridgehead atoms. The number of nitrogens with zero attached hydrogens (tertiary/aromatic N) is 1. The zero-order valence-corrected chi connectivity index (χ0v) is 17.8. The zero-order valence-electron chi connectivity index (χ0n) is 15.6. The van der Waals surface area contributed by atoms with Gasteiger partial charge < -0.3 is 16.6 Å². The number of nitrogens with two attached hydrogens (primary N) is 2. The van der Waals surface area contributed by atoms with Crippen molar-refractivity contribution < 1.29 is 0 Å². The van der Waals surface area contributed by atoms with Crippen LogP contribution in [0.2, 0.25) is 10.0 Å². The van der Waals surface area contributed by atoms with Gasteiger partial charge in [0.05, 0.1) is 9.90 Å². The lowest BCUT2D eigenvalue weighted by Gasteiger charge is -2.13. The first-order valence-corrected chi connectivity index (χ1v) is 9.78. The van der Waals surface area contributed by atoms with E-state index < -0.39 is 4.87 Å². The van der Waals surface area contributed by atoms with Crippen molar-refractivity contribution in [2.75, 3.05) is 5.32 Å². The summed E-state index contributed by atoms with van der Waals surface area (Å²) in [5.74, 6) is 11.2. The highest BCUT2D eigenvalue weighted by Gasteiger charge is 2.62. The predicted octanol–water partition coefficient (Wildman–Crippen LogP) is 4.72. The van der Waals surface area contributed by atoms with Gasteiger partial charge in [0.2, 0.25) is 0 Å². The summed E-state index contributed by atoms with van der Waals surface area (Å²) in [4.78, 5) is -0.445. The number of halogens is 3. The van der Waals surface area contributed by atoms with E-state index in [1.54, 1.807) is 12.1 Å². The van der Waals surface area contributed by atoms with Gasteiger partial charge in [-0.1, -0.05) is 35.8 Å². The topological polar surface area (TPSA) is 88.5 Å². The Labute approximate surface area is 179 Å². The fraction of sp³-hybridized carbons (Fsp3) is 0.250. The van der Waals surface area contributed by atoms with E-state index in [9.17, 15) is 0 Å². The number of benzene rings is 2. The quantitative estimate of drug-likeness (QED) is 0.179. The van der Waals surface area contributed by atoms with Crippen LogP contribution in [0.4, 0.5) is 5.69 Å². The third kappa shape index (κ3) is 3.94. The first-order valence-electron chi connectivity index (χ1n) is 8.65. The van der Waals surface area contributed by atoms with E-state index in [0.717, 1.165) is 22.5 Å². The Bertz CT molecular complexity index is 935. The molecule has 0 spiro atoms. The number of hydrazine groups is 1. The molecule has 148 valence electrons. The van der Waals surface area contributed by atoms with Gasteiger partial charge in [0.25, 0.3) is 0 Å². The van der Waals surface area contributed by atoms with E-state index in [2.05, 4.69) is 28.5 Å². The Balaban J connectivity index is 1.83. The monoisotopic (exact) mass is 437 g/mol.